The second kappa shape index (κ2) is 6.88. The van der Waals surface area contributed by atoms with Crippen LogP contribution in [-0.2, 0) is 6.42 Å². The first-order chi connectivity index (χ1) is 9.37. The lowest BCUT2D eigenvalue weighted by molar-refractivity contribution is 0.215. The molecule has 0 spiro atoms. The van der Waals surface area contributed by atoms with E-state index in [1.165, 1.54) is 0 Å². The second-order valence-electron chi connectivity index (χ2n) is 5.75. The van der Waals surface area contributed by atoms with Crippen LogP contribution in [0.1, 0.15) is 45.5 Å². The van der Waals surface area contributed by atoms with Gasteiger partial charge in [-0.1, -0.05) is 6.92 Å². The molecule has 0 bridgehead atoms. The molecule has 5 nitrogen and oxygen atoms in total. The molecule has 0 amide bonds. The van der Waals surface area contributed by atoms with Crippen LogP contribution in [0.15, 0.2) is 0 Å². The molecule has 0 fully saturated rings. The van der Waals surface area contributed by atoms with E-state index in [4.69, 9.17) is 0 Å². The highest BCUT2D eigenvalue weighted by Crippen LogP contribution is 2.27. The molecule has 1 aromatic heterocycles. The van der Waals surface area contributed by atoms with Crippen LogP contribution in [-0.4, -0.2) is 40.8 Å². The molecule has 0 aliphatic heterocycles. The molecule has 0 radical (unpaired) electrons. The minimum Gasteiger partial charge on any atom is -0.394 e. The molecule has 0 saturated carbocycles. The number of aliphatic hydroxyl groups excluding tert-OH is 1. The summed E-state index contributed by atoms with van der Waals surface area (Å²) < 4.78 is 0. The van der Waals surface area contributed by atoms with E-state index < -0.39 is 0 Å². The number of nitrogens with one attached hydrogen (secondary N) is 1. The van der Waals surface area contributed by atoms with Gasteiger partial charge in [0, 0.05) is 25.6 Å². The van der Waals surface area contributed by atoms with E-state index in [0.29, 0.717) is 0 Å². The Morgan fingerprint density at radius 2 is 1.90 bits per heavy atom. The van der Waals surface area contributed by atoms with Gasteiger partial charge in [-0.25, -0.2) is 9.97 Å². The highest BCUT2D eigenvalue weighted by atomic mass is 16.3. The van der Waals surface area contributed by atoms with Gasteiger partial charge in [0.2, 0.25) is 0 Å². The molecule has 0 unspecified atom stereocenters. The van der Waals surface area contributed by atoms with Gasteiger partial charge in [-0.3, -0.25) is 0 Å². The van der Waals surface area contributed by atoms with Crippen LogP contribution in [0.3, 0.4) is 0 Å². The standard InChI is InChI=1S/C15H28N4O/c1-7-9-12-17-13(16-8-2)11(3)14(18-12)19(6)15(4,5)10-20/h20H,7-10H2,1-6H3,(H,16,17,18). The molecule has 5 heteroatoms. The van der Waals surface area contributed by atoms with E-state index in [1.54, 1.807) is 0 Å². The smallest absolute Gasteiger partial charge is 0.137 e. The number of nitrogens with zero attached hydrogens (tertiary/aromatic N) is 3. The van der Waals surface area contributed by atoms with Gasteiger partial charge < -0.3 is 15.3 Å². The average molecular weight is 280 g/mol. The van der Waals surface area contributed by atoms with Crippen molar-refractivity contribution < 1.29 is 5.11 Å². The second-order valence-corrected chi connectivity index (χ2v) is 5.75. The van der Waals surface area contributed by atoms with Gasteiger partial charge >= 0.3 is 0 Å². The zero-order valence-electron chi connectivity index (χ0n) is 13.6. The molecule has 20 heavy (non-hydrogen) atoms. The van der Waals surface area contributed by atoms with Crippen LogP contribution < -0.4 is 10.2 Å². The number of aromatic nitrogens is 2. The number of anilines is 2. The molecule has 114 valence electrons. The fraction of sp³-hybridized carbons (Fsp3) is 0.733. The van der Waals surface area contributed by atoms with Crippen molar-refractivity contribution >= 4 is 11.6 Å². The Hall–Kier alpha value is -1.36. The Morgan fingerprint density at radius 1 is 1.25 bits per heavy atom. The molecule has 1 rings (SSSR count). The SMILES string of the molecule is CCCc1nc(NCC)c(C)c(N(C)C(C)(C)CO)n1. The number of hydrogen-bond acceptors (Lipinski definition) is 5. The first-order valence-electron chi connectivity index (χ1n) is 7.33. The predicted molar refractivity (Wildman–Crippen MR) is 84.5 cm³/mol. The molecule has 0 aliphatic carbocycles. The van der Waals surface area contributed by atoms with Gasteiger partial charge in [-0.05, 0) is 34.1 Å². The van der Waals surface area contributed by atoms with Crippen LogP contribution in [0.4, 0.5) is 11.6 Å². The van der Waals surface area contributed by atoms with Crippen molar-refractivity contribution in [3.63, 3.8) is 0 Å². The van der Waals surface area contributed by atoms with E-state index >= 15 is 0 Å². The summed E-state index contributed by atoms with van der Waals surface area (Å²) in [6.07, 6.45) is 1.88. The average Bonchev–Trinajstić information content (AvgIpc) is 2.42. The Kier molecular flexibility index (Phi) is 5.74. The van der Waals surface area contributed by atoms with Crippen LogP contribution in [0.5, 0.6) is 0 Å². The fourth-order valence-corrected chi connectivity index (χ4v) is 1.94. The minimum atomic E-state index is -0.355. The summed E-state index contributed by atoms with van der Waals surface area (Å²) in [5.74, 6) is 2.63. The largest absolute Gasteiger partial charge is 0.394 e. The molecule has 0 aliphatic rings. The van der Waals surface area contributed by atoms with Crippen molar-refractivity contribution in [1.29, 1.82) is 0 Å². The first-order valence-corrected chi connectivity index (χ1v) is 7.33. The summed E-state index contributed by atoms with van der Waals surface area (Å²) in [6, 6.07) is 0. The Bertz CT molecular complexity index is 446. The number of hydrogen-bond donors (Lipinski definition) is 2. The fourth-order valence-electron chi connectivity index (χ4n) is 1.94. The van der Waals surface area contributed by atoms with Crippen molar-refractivity contribution in [2.24, 2.45) is 0 Å². The molecule has 0 saturated heterocycles. The van der Waals surface area contributed by atoms with Crippen molar-refractivity contribution in [2.45, 2.75) is 53.0 Å². The maximum Gasteiger partial charge on any atom is 0.137 e. The summed E-state index contributed by atoms with van der Waals surface area (Å²) in [4.78, 5) is 11.3. The van der Waals surface area contributed by atoms with E-state index in [9.17, 15) is 5.11 Å². The lowest BCUT2D eigenvalue weighted by Crippen LogP contribution is -2.45. The normalized spacial score (nSPS) is 11.6. The number of likely N-dealkylation sites (N-methyl/N-ethyl adjacent to an activating group) is 1. The van der Waals surface area contributed by atoms with Gasteiger partial charge in [-0.15, -0.1) is 0 Å². The van der Waals surface area contributed by atoms with E-state index in [1.807, 2.05) is 32.7 Å². The lowest BCUT2D eigenvalue weighted by Gasteiger charge is -2.36. The van der Waals surface area contributed by atoms with Crippen molar-refractivity contribution in [1.82, 2.24) is 9.97 Å². The Balaban J connectivity index is 3.29. The third-order valence-electron chi connectivity index (χ3n) is 3.60. The molecule has 1 heterocycles. The predicted octanol–water partition coefficient (Wildman–Crippen LogP) is 2.38. The van der Waals surface area contributed by atoms with Gasteiger partial charge in [-0.2, -0.15) is 0 Å². The third-order valence-corrected chi connectivity index (χ3v) is 3.60. The zero-order valence-corrected chi connectivity index (χ0v) is 13.6. The van der Waals surface area contributed by atoms with E-state index in [0.717, 1.165) is 42.4 Å². The maximum absolute atomic E-state index is 9.56. The topological polar surface area (TPSA) is 61.3 Å². The Labute approximate surface area is 122 Å². The molecule has 0 atom stereocenters. The van der Waals surface area contributed by atoms with Crippen LogP contribution in [0, 0.1) is 6.92 Å². The van der Waals surface area contributed by atoms with Crippen LogP contribution in [0.2, 0.25) is 0 Å². The summed E-state index contributed by atoms with van der Waals surface area (Å²) in [5.41, 5.74) is 0.669. The number of aliphatic hydroxyl groups is 1. The third kappa shape index (κ3) is 3.60. The highest BCUT2D eigenvalue weighted by Gasteiger charge is 2.26. The van der Waals surface area contributed by atoms with Gasteiger partial charge in [0.15, 0.2) is 0 Å². The van der Waals surface area contributed by atoms with Gasteiger partial charge in [0.1, 0.15) is 17.5 Å². The highest BCUT2D eigenvalue weighted by molar-refractivity contribution is 5.59. The Morgan fingerprint density at radius 3 is 2.40 bits per heavy atom. The summed E-state index contributed by atoms with van der Waals surface area (Å²) in [6.45, 7) is 11.1. The molecular weight excluding hydrogens is 252 g/mol. The minimum absolute atomic E-state index is 0.0760. The van der Waals surface area contributed by atoms with E-state index in [-0.39, 0.29) is 12.1 Å². The number of rotatable bonds is 7. The summed E-state index contributed by atoms with van der Waals surface area (Å²) >= 11 is 0. The van der Waals surface area contributed by atoms with E-state index in [2.05, 4.69) is 29.1 Å². The van der Waals surface area contributed by atoms with Gasteiger partial charge in [0.05, 0.1) is 12.1 Å². The molecule has 2 N–H and O–H groups in total. The number of aryl methyl sites for hydroxylation is 1. The van der Waals surface area contributed by atoms with Crippen LogP contribution >= 0.6 is 0 Å². The van der Waals surface area contributed by atoms with Crippen molar-refractivity contribution in [2.75, 3.05) is 30.4 Å². The quantitative estimate of drug-likeness (QED) is 0.803. The molecular formula is C15H28N4O. The zero-order chi connectivity index (χ0) is 15.3. The molecule has 1 aromatic rings. The van der Waals surface area contributed by atoms with Gasteiger partial charge in [0.25, 0.3) is 0 Å². The lowest BCUT2D eigenvalue weighted by atomic mass is 10.0. The maximum atomic E-state index is 9.56. The van der Waals surface area contributed by atoms with Crippen molar-refractivity contribution in [3.05, 3.63) is 11.4 Å². The summed E-state index contributed by atoms with van der Waals surface area (Å²) in [5, 5.41) is 12.9. The first kappa shape index (κ1) is 16.7. The molecule has 0 aromatic carbocycles. The summed E-state index contributed by atoms with van der Waals surface area (Å²) in [7, 11) is 1.97. The van der Waals surface area contributed by atoms with Crippen molar-refractivity contribution in [3.8, 4) is 0 Å². The van der Waals surface area contributed by atoms with Crippen LogP contribution in [0.25, 0.3) is 0 Å². The monoisotopic (exact) mass is 280 g/mol.